The molecule has 0 spiro atoms. The summed E-state index contributed by atoms with van der Waals surface area (Å²) in [6.45, 7) is 3.97. The van der Waals surface area contributed by atoms with Crippen molar-refractivity contribution < 1.29 is 8.42 Å². The molecule has 1 unspecified atom stereocenters. The Bertz CT molecular complexity index is 517. The van der Waals surface area contributed by atoms with E-state index in [2.05, 4.69) is 11.6 Å². The van der Waals surface area contributed by atoms with E-state index in [1.54, 1.807) is 6.07 Å². The third-order valence-electron chi connectivity index (χ3n) is 2.86. The summed E-state index contributed by atoms with van der Waals surface area (Å²) in [7, 11) is -3.61. The molecule has 19 heavy (non-hydrogen) atoms. The molecule has 3 N–H and O–H groups in total. The fourth-order valence-electron chi connectivity index (χ4n) is 1.83. The van der Waals surface area contributed by atoms with Crippen molar-refractivity contribution in [1.29, 1.82) is 0 Å². The van der Waals surface area contributed by atoms with Gasteiger partial charge in [-0.2, -0.15) is 0 Å². The summed E-state index contributed by atoms with van der Waals surface area (Å²) in [5.41, 5.74) is 5.90. The zero-order valence-electron chi connectivity index (χ0n) is 11.3. The molecule has 4 nitrogen and oxygen atoms in total. The number of sulfonamides is 1. The molecule has 1 rings (SSSR count). The predicted octanol–water partition coefficient (Wildman–Crippen LogP) is 3.17. The van der Waals surface area contributed by atoms with E-state index in [0.717, 1.165) is 25.7 Å². The lowest BCUT2D eigenvalue weighted by Gasteiger charge is -2.15. The van der Waals surface area contributed by atoms with Crippen molar-refractivity contribution in [3.63, 3.8) is 0 Å². The second kappa shape index (κ2) is 7.12. The lowest BCUT2D eigenvalue weighted by Crippen LogP contribution is -2.33. The second-order valence-electron chi connectivity index (χ2n) is 4.70. The lowest BCUT2D eigenvalue weighted by atomic mass is 10.1. The minimum atomic E-state index is -3.61. The highest BCUT2D eigenvalue weighted by molar-refractivity contribution is 7.89. The van der Waals surface area contributed by atoms with E-state index in [9.17, 15) is 8.42 Å². The Kier molecular flexibility index (Phi) is 6.10. The largest absolute Gasteiger partial charge is 0.398 e. The van der Waals surface area contributed by atoms with Crippen LogP contribution in [0.2, 0.25) is 5.02 Å². The fourth-order valence-corrected chi connectivity index (χ4v) is 3.50. The Morgan fingerprint density at radius 1 is 1.37 bits per heavy atom. The quantitative estimate of drug-likeness (QED) is 0.600. The molecule has 1 aromatic rings. The van der Waals surface area contributed by atoms with Gasteiger partial charge in [0.05, 0.1) is 5.69 Å². The number of hydrogen-bond acceptors (Lipinski definition) is 3. The van der Waals surface area contributed by atoms with E-state index < -0.39 is 10.0 Å². The molecule has 108 valence electrons. The highest BCUT2D eigenvalue weighted by atomic mass is 35.5. The summed E-state index contributed by atoms with van der Waals surface area (Å²) >= 11 is 5.81. The van der Waals surface area contributed by atoms with Crippen LogP contribution in [0.25, 0.3) is 0 Å². The molecule has 0 aliphatic rings. The zero-order valence-corrected chi connectivity index (χ0v) is 12.9. The fraction of sp³-hybridized carbons (Fsp3) is 0.538. The summed E-state index contributed by atoms with van der Waals surface area (Å²) in [6, 6.07) is 4.33. The number of nitrogens with one attached hydrogen (secondary N) is 1. The number of unbranched alkanes of at least 4 members (excludes halogenated alkanes) is 2. The molecule has 0 aromatic heterocycles. The number of halogens is 1. The minimum absolute atomic E-state index is 0.0438. The van der Waals surface area contributed by atoms with Gasteiger partial charge in [-0.05, 0) is 31.5 Å². The molecule has 0 aliphatic carbocycles. The van der Waals surface area contributed by atoms with Gasteiger partial charge in [-0.15, -0.1) is 0 Å². The van der Waals surface area contributed by atoms with Crippen LogP contribution in [0.15, 0.2) is 23.1 Å². The third kappa shape index (κ3) is 5.01. The van der Waals surface area contributed by atoms with Crippen molar-refractivity contribution in [1.82, 2.24) is 4.72 Å². The maximum atomic E-state index is 12.2. The van der Waals surface area contributed by atoms with Crippen molar-refractivity contribution in [2.45, 2.75) is 50.5 Å². The molecule has 1 aromatic carbocycles. The molecule has 6 heteroatoms. The van der Waals surface area contributed by atoms with Gasteiger partial charge in [0.15, 0.2) is 0 Å². The van der Waals surface area contributed by atoms with Gasteiger partial charge in [-0.25, -0.2) is 13.1 Å². The van der Waals surface area contributed by atoms with Crippen LogP contribution in [-0.2, 0) is 10.0 Å². The first-order valence-corrected chi connectivity index (χ1v) is 8.30. The van der Waals surface area contributed by atoms with E-state index in [1.165, 1.54) is 12.1 Å². The topological polar surface area (TPSA) is 72.2 Å². The Labute approximate surface area is 120 Å². The molecule has 0 amide bonds. The van der Waals surface area contributed by atoms with Crippen LogP contribution in [0, 0.1) is 0 Å². The molecule has 0 saturated heterocycles. The molecule has 0 aliphatic heterocycles. The van der Waals surface area contributed by atoms with E-state index in [4.69, 9.17) is 17.3 Å². The van der Waals surface area contributed by atoms with Crippen LogP contribution in [0.5, 0.6) is 0 Å². The van der Waals surface area contributed by atoms with E-state index in [0.29, 0.717) is 5.02 Å². The number of benzene rings is 1. The number of hydrogen-bond donors (Lipinski definition) is 2. The maximum absolute atomic E-state index is 12.2. The Balaban J connectivity index is 2.78. The van der Waals surface area contributed by atoms with Crippen molar-refractivity contribution in [3.8, 4) is 0 Å². The monoisotopic (exact) mass is 304 g/mol. The predicted molar refractivity (Wildman–Crippen MR) is 79.8 cm³/mol. The SMILES string of the molecule is CCCCCC(C)NS(=O)(=O)c1cc(Cl)ccc1N. The zero-order chi connectivity index (χ0) is 14.5. The van der Waals surface area contributed by atoms with Crippen LogP contribution in [0.3, 0.4) is 0 Å². The molecule has 0 fully saturated rings. The number of anilines is 1. The van der Waals surface area contributed by atoms with Crippen molar-refractivity contribution in [2.75, 3.05) is 5.73 Å². The van der Waals surface area contributed by atoms with Gasteiger partial charge >= 0.3 is 0 Å². The normalized spacial score (nSPS) is 13.4. The van der Waals surface area contributed by atoms with E-state index >= 15 is 0 Å². The molecule has 0 heterocycles. The minimum Gasteiger partial charge on any atom is -0.398 e. The smallest absolute Gasteiger partial charge is 0.242 e. The van der Waals surface area contributed by atoms with Crippen LogP contribution < -0.4 is 10.5 Å². The van der Waals surface area contributed by atoms with Gasteiger partial charge in [-0.1, -0.05) is 37.8 Å². The summed E-state index contributed by atoms with van der Waals surface area (Å²) in [4.78, 5) is 0.0438. The van der Waals surface area contributed by atoms with Gasteiger partial charge < -0.3 is 5.73 Å². The number of nitrogen functional groups attached to an aromatic ring is 1. The first-order valence-electron chi connectivity index (χ1n) is 6.44. The van der Waals surface area contributed by atoms with Crippen LogP contribution in [0.4, 0.5) is 5.69 Å². The molecule has 0 bridgehead atoms. The van der Waals surface area contributed by atoms with Crippen LogP contribution in [-0.4, -0.2) is 14.5 Å². The average molecular weight is 305 g/mol. The summed E-state index contributed by atoms with van der Waals surface area (Å²) < 4.78 is 27.0. The maximum Gasteiger partial charge on any atom is 0.242 e. The molecular formula is C13H21ClN2O2S. The summed E-state index contributed by atoms with van der Waals surface area (Å²) in [5.74, 6) is 0. The molecule has 1 atom stereocenters. The average Bonchev–Trinajstić information content (AvgIpc) is 2.32. The second-order valence-corrected chi connectivity index (χ2v) is 6.82. The van der Waals surface area contributed by atoms with E-state index in [1.807, 2.05) is 6.92 Å². The summed E-state index contributed by atoms with van der Waals surface area (Å²) in [5, 5.41) is 0.355. The highest BCUT2D eigenvalue weighted by Gasteiger charge is 2.20. The highest BCUT2D eigenvalue weighted by Crippen LogP contribution is 2.23. The van der Waals surface area contributed by atoms with E-state index in [-0.39, 0.29) is 16.6 Å². The van der Waals surface area contributed by atoms with Gasteiger partial charge in [0.25, 0.3) is 0 Å². The Hall–Kier alpha value is -0.780. The Morgan fingerprint density at radius 2 is 2.05 bits per heavy atom. The molecule has 0 radical (unpaired) electrons. The first-order chi connectivity index (χ1) is 8.86. The standard InChI is InChI=1S/C13H21ClN2O2S/c1-3-4-5-6-10(2)16-19(17,18)13-9-11(14)7-8-12(13)15/h7-10,16H,3-6,15H2,1-2H3. The molecule has 0 saturated carbocycles. The third-order valence-corrected chi connectivity index (χ3v) is 4.74. The first kappa shape index (κ1) is 16.3. The lowest BCUT2D eigenvalue weighted by molar-refractivity contribution is 0.527. The van der Waals surface area contributed by atoms with Crippen molar-refractivity contribution in [3.05, 3.63) is 23.2 Å². The van der Waals surface area contributed by atoms with Gasteiger partial charge in [-0.3, -0.25) is 0 Å². The van der Waals surface area contributed by atoms with Crippen LogP contribution >= 0.6 is 11.6 Å². The van der Waals surface area contributed by atoms with Gasteiger partial charge in [0.1, 0.15) is 4.90 Å². The van der Waals surface area contributed by atoms with Crippen LogP contribution in [0.1, 0.15) is 39.5 Å². The number of nitrogens with two attached hydrogens (primary N) is 1. The number of rotatable bonds is 7. The molecular weight excluding hydrogens is 284 g/mol. The van der Waals surface area contributed by atoms with Gasteiger partial charge in [0.2, 0.25) is 10.0 Å². The Morgan fingerprint density at radius 3 is 2.68 bits per heavy atom. The summed E-state index contributed by atoms with van der Waals surface area (Å²) in [6.07, 6.45) is 4.03. The van der Waals surface area contributed by atoms with Crippen molar-refractivity contribution >= 4 is 27.3 Å². The van der Waals surface area contributed by atoms with Crippen molar-refractivity contribution in [2.24, 2.45) is 0 Å². The van der Waals surface area contributed by atoms with Gasteiger partial charge in [0, 0.05) is 11.1 Å².